The number of ether oxygens (including phenoxy) is 3. The lowest BCUT2D eigenvalue weighted by Gasteiger charge is -2.38. The highest BCUT2D eigenvalue weighted by molar-refractivity contribution is 7.92. The van der Waals surface area contributed by atoms with Crippen molar-refractivity contribution in [3.8, 4) is 17.2 Å². The minimum absolute atomic E-state index is 0.0333. The van der Waals surface area contributed by atoms with Crippen molar-refractivity contribution in [3.05, 3.63) is 48.5 Å². The van der Waals surface area contributed by atoms with Crippen molar-refractivity contribution in [3.63, 3.8) is 0 Å². The summed E-state index contributed by atoms with van der Waals surface area (Å²) in [4.78, 5) is 12.3. The smallest absolute Gasteiger partial charge is 0.457 e. The standard InChI is InChI=1S/C23H27F3N2O9S2/c1-22(2,39(33,34)28-11-13-35-14-12-28)20(21(29)27-30)15-38(31,32)19-9-7-17(8-10-19)36-16-3-5-18(6-4-16)37-23(24,25)26/h3-10,20,30H,11-15H2,1-2H3,(H,27,29). The van der Waals surface area contributed by atoms with Gasteiger partial charge in [0.05, 0.1) is 34.5 Å². The molecule has 2 aromatic carbocycles. The van der Waals surface area contributed by atoms with E-state index in [0.29, 0.717) is 0 Å². The molecular formula is C23H27F3N2O9S2. The number of hydroxylamine groups is 1. The van der Waals surface area contributed by atoms with Gasteiger partial charge < -0.3 is 14.2 Å². The van der Waals surface area contributed by atoms with E-state index in [9.17, 15) is 40.0 Å². The highest BCUT2D eigenvalue weighted by Crippen LogP contribution is 2.33. The number of amides is 1. The Bertz CT molecular complexity index is 1360. The number of hydrogen-bond donors (Lipinski definition) is 2. The summed E-state index contributed by atoms with van der Waals surface area (Å²) in [6, 6.07) is 9.43. The number of sulfone groups is 1. The van der Waals surface area contributed by atoms with Crippen LogP contribution >= 0.6 is 0 Å². The van der Waals surface area contributed by atoms with Crippen LogP contribution in [0.25, 0.3) is 0 Å². The molecule has 1 amide bonds. The maximum Gasteiger partial charge on any atom is 0.573 e. The Labute approximate surface area is 223 Å². The Kier molecular flexibility index (Phi) is 9.16. The van der Waals surface area contributed by atoms with Crippen LogP contribution in [0.3, 0.4) is 0 Å². The second-order valence-corrected chi connectivity index (χ2v) is 13.6. The molecule has 16 heteroatoms. The molecule has 0 saturated carbocycles. The molecule has 216 valence electrons. The van der Waals surface area contributed by atoms with Crippen LogP contribution < -0.4 is 15.0 Å². The molecule has 1 aliphatic heterocycles. The Morgan fingerprint density at radius 2 is 1.46 bits per heavy atom. The predicted molar refractivity (Wildman–Crippen MR) is 131 cm³/mol. The fraction of sp³-hybridized carbons (Fsp3) is 0.435. The molecule has 39 heavy (non-hydrogen) atoms. The molecule has 1 unspecified atom stereocenters. The third-order valence-corrected chi connectivity index (χ3v) is 10.5. The quantitative estimate of drug-likeness (QED) is 0.312. The van der Waals surface area contributed by atoms with Gasteiger partial charge in [0, 0.05) is 13.1 Å². The molecule has 0 bridgehead atoms. The highest BCUT2D eigenvalue weighted by atomic mass is 32.2. The van der Waals surface area contributed by atoms with Gasteiger partial charge in [0.2, 0.25) is 15.9 Å². The average Bonchev–Trinajstić information content (AvgIpc) is 2.88. The van der Waals surface area contributed by atoms with Gasteiger partial charge in [0.1, 0.15) is 17.2 Å². The Hall–Kier alpha value is -2.92. The summed E-state index contributed by atoms with van der Waals surface area (Å²) in [5, 5.41) is 9.26. The zero-order valence-corrected chi connectivity index (χ0v) is 22.5. The van der Waals surface area contributed by atoms with E-state index in [4.69, 9.17) is 9.47 Å². The molecule has 0 spiro atoms. The van der Waals surface area contributed by atoms with E-state index in [1.807, 2.05) is 0 Å². The third kappa shape index (κ3) is 7.39. The first kappa shape index (κ1) is 30.6. The van der Waals surface area contributed by atoms with E-state index in [0.717, 1.165) is 16.4 Å². The number of nitrogens with zero attached hydrogens (tertiary/aromatic N) is 1. The number of carbonyl (C=O) groups excluding carboxylic acids is 1. The summed E-state index contributed by atoms with van der Waals surface area (Å²) >= 11 is 0. The number of carbonyl (C=O) groups is 1. The van der Waals surface area contributed by atoms with Crippen LogP contribution in [0.1, 0.15) is 13.8 Å². The zero-order valence-electron chi connectivity index (χ0n) is 20.8. The molecular weight excluding hydrogens is 569 g/mol. The minimum Gasteiger partial charge on any atom is -0.457 e. The summed E-state index contributed by atoms with van der Waals surface area (Å²) in [6.45, 7) is 2.79. The monoisotopic (exact) mass is 596 g/mol. The second kappa shape index (κ2) is 11.7. The van der Waals surface area contributed by atoms with Gasteiger partial charge in [-0.15, -0.1) is 13.2 Å². The highest BCUT2D eigenvalue weighted by Gasteiger charge is 2.50. The lowest BCUT2D eigenvalue weighted by molar-refractivity contribution is -0.274. The van der Waals surface area contributed by atoms with Crippen molar-refractivity contribution in [2.24, 2.45) is 5.92 Å². The summed E-state index contributed by atoms with van der Waals surface area (Å²) in [6.07, 6.45) is -4.84. The fourth-order valence-corrected chi connectivity index (χ4v) is 7.55. The molecule has 1 atom stereocenters. The van der Waals surface area contributed by atoms with Crippen LogP contribution in [-0.4, -0.2) is 75.4 Å². The number of nitrogens with one attached hydrogen (secondary N) is 1. The Morgan fingerprint density at radius 3 is 1.95 bits per heavy atom. The first-order valence-corrected chi connectivity index (χ1v) is 14.5. The van der Waals surface area contributed by atoms with Crippen molar-refractivity contribution in [2.75, 3.05) is 32.1 Å². The van der Waals surface area contributed by atoms with Crippen molar-refractivity contribution < 1.29 is 54.2 Å². The van der Waals surface area contributed by atoms with Crippen LogP contribution in [-0.2, 0) is 29.4 Å². The van der Waals surface area contributed by atoms with Crippen molar-refractivity contribution >= 4 is 25.8 Å². The Balaban J connectivity index is 1.78. The van der Waals surface area contributed by atoms with E-state index in [1.54, 1.807) is 0 Å². The SMILES string of the molecule is CC(C)(C(CS(=O)(=O)c1ccc(Oc2ccc(OC(F)(F)F)cc2)cc1)C(=O)NO)S(=O)(=O)N1CCOCC1. The van der Waals surface area contributed by atoms with Crippen LogP contribution in [0.4, 0.5) is 13.2 Å². The summed E-state index contributed by atoms with van der Waals surface area (Å²) in [5.74, 6) is -3.95. The minimum atomic E-state index is -4.84. The maximum absolute atomic E-state index is 13.3. The van der Waals surface area contributed by atoms with E-state index in [1.165, 1.54) is 55.7 Å². The molecule has 0 aromatic heterocycles. The normalized spacial score (nSPS) is 16.4. The summed E-state index contributed by atoms with van der Waals surface area (Å²) in [7, 11) is -8.46. The first-order valence-electron chi connectivity index (χ1n) is 11.4. The van der Waals surface area contributed by atoms with Gasteiger partial charge in [0.15, 0.2) is 9.84 Å². The number of halogens is 3. The fourth-order valence-electron chi connectivity index (χ4n) is 3.85. The van der Waals surface area contributed by atoms with E-state index in [2.05, 4.69) is 4.74 Å². The average molecular weight is 597 g/mol. The summed E-state index contributed by atoms with van der Waals surface area (Å²) in [5.41, 5.74) is 1.37. The number of hydrogen-bond acceptors (Lipinski definition) is 9. The molecule has 2 N–H and O–H groups in total. The number of rotatable bonds is 10. The second-order valence-electron chi connectivity index (χ2n) is 9.02. The molecule has 1 saturated heterocycles. The first-order chi connectivity index (χ1) is 18.1. The largest absolute Gasteiger partial charge is 0.573 e. The van der Waals surface area contributed by atoms with Crippen molar-refractivity contribution in [1.82, 2.24) is 9.79 Å². The van der Waals surface area contributed by atoms with Gasteiger partial charge in [-0.25, -0.2) is 22.3 Å². The molecule has 1 fully saturated rings. The van der Waals surface area contributed by atoms with Gasteiger partial charge in [-0.3, -0.25) is 10.0 Å². The number of sulfonamides is 1. The lowest BCUT2D eigenvalue weighted by Crippen LogP contribution is -2.56. The molecule has 0 radical (unpaired) electrons. The topological polar surface area (TPSA) is 149 Å². The number of alkyl halides is 3. The number of morpholine rings is 1. The van der Waals surface area contributed by atoms with Crippen LogP contribution in [0.15, 0.2) is 53.4 Å². The molecule has 1 heterocycles. The van der Waals surface area contributed by atoms with Gasteiger partial charge in [0.25, 0.3) is 0 Å². The summed E-state index contributed by atoms with van der Waals surface area (Å²) < 4.78 is 104. The third-order valence-electron chi connectivity index (χ3n) is 6.10. The van der Waals surface area contributed by atoms with Gasteiger partial charge in [-0.1, -0.05) is 0 Å². The predicted octanol–water partition coefficient (Wildman–Crippen LogP) is 2.71. The maximum atomic E-state index is 13.3. The van der Waals surface area contributed by atoms with Gasteiger partial charge in [-0.05, 0) is 62.4 Å². The molecule has 1 aliphatic rings. The Morgan fingerprint density at radius 1 is 0.974 bits per heavy atom. The van der Waals surface area contributed by atoms with E-state index in [-0.39, 0.29) is 42.7 Å². The van der Waals surface area contributed by atoms with Crippen molar-refractivity contribution in [2.45, 2.75) is 29.9 Å². The van der Waals surface area contributed by atoms with Crippen molar-refractivity contribution in [1.29, 1.82) is 0 Å². The van der Waals surface area contributed by atoms with E-state index < -0.39 is 54.3 Å². The van der Waals surface area contributed by atoms with E-state index >= 15 is 0 Å². The molecule has 2 aromatic rings. The van der Waals surface area contributed by atoms with Crippen LogP contribution in [0, 0.1) is 5.92 Å². The van der Waals surface area contributed by atoms with Crippen LogP contribution in [0.2, 0.25) is 0 Å². The molecule has 0 aliphatic carbocycles. The molecule has 3 rings (SSSR count). The molecule has 11 nitrogen and oxygen atoms in total. The van der Waals surface area contributed by atoms with Crippen LogP contribution in [0.5, 0.6) is 17.2 Å². The van der Waals surface area contributed by atoms with Gasteiger partial charge >= 0.3 is 6.36 Å². The van der Waals surface area contributed by atoms with Gasteiger partial charge in [-0.2, -0.15) is 4.31 Å². The number of benzene rings is 2. The lowest BCUT2D eigenvalue weighted by atomic mass is 9.96. The zero-order chi connectivity index (χ0) is 29.1.